The summed E-state index contributed by atoms with van der Waals surface area (Å²) in [7, 11) is 7.58. The molecule has 4 nitrogen and oxygen atoms in total. The molecule has 2 aromatic rings. The summed E-state index contributed by atoms with van der Waals surface area (Å²) in [6.45, 7) is 4.31. The smallest absolute Gasteiger partial charge is 0.0992 e. The van der Waals surface area contributed by atoms with Crippen LogP contribution in [0.4, 0.5) is 0 Å². The minimum atomic E-state index is 0.258. The van der Waals surface area contributed by atoms with E-state index in [0.717, 1.165) is 11.1 Å². The number of benzene rings is 2. The van der Waals surface area contributed by atoms with E-state index in [1.807, 2.05) is 97.2 Å². The molecule has 2 unspecified atom stereocenters. The molecule has 0 bridgehead atoms. The van der Waals surface area contributed by atoms with E-state index >= 15 is 0 Å². The average molecular weight is 387 g/mol. The lowest BCUT2D eigenvalue weighted by atomic mass is 10.2. The number of hydrogen-bond donors (Lipinski definition) is 0. The summed E-state index contributed by atoms with van der Waals surface area (Å²) in [6.07, 6.45) is 3.78. The van der Waals surface area contributed by atoms with E-state index in [4.69, 9.17) is 0 Å². The van der Waals surface area contributed by atoms with Crippen molar-refractivity contribution in [3.63, 3.8) is 0 Å². The van der Waals surface area contributed by atoms with Gasteiger partial charge in [-0.05, 0) is 25.0 Å². The third kappa shape index (κ3) is 7.14. The van der Waals surface area contributed by atoms with Gasteiger partial charge in [-0.15, -0.1) is 0 Å². The van der Waals surface area contributed by atoms with Crippen LogP contribution in [0.15, 0.2) is 70.9 Å². The predicted octanol–water partition coefficient (Wildman–Crippen LogP) is 4.99. The quantitative estimate of drug-likeness (QED) is 0.263. The van der Waals surface area contributed by atoms with Crippen LogP contribution in [-0.2, 0) is 0 Å². The number of hydrogen-bond acceptors (Lipinski definition) is 6. The minimum absolute atomic E-state index is 0.258. The molecule has 2 atom stereocenters. The highest BCUT2D eigenvalue weighted by Crippen LogP contribution is 2.33. The maximum Gasteiger partial charge on any atom is 0.0992 e. The SMILES string of the molecule is CC(SSC(C)N(C)N=Cc1ccccc1)N(C)N=Cc1ccccc1. The Kier molecular flexibility index (Phi) is 8.58. The lowest BCUT2D eigenvalue weighted by Gasteiger charge is -2.25. The van der Waals surface area contributed by atoms with Crippen molar-refractivity contribution in [1.29, 1.82) is 0 Å². The zero-order valence-corrected chi connectivity index (χ0v) is 17.3. The van der Waals surface area contributed by atoms with E-state index < -0.39 is 0 Å². The van der Waals surface area contributed by atoms with Gasteiger partial charge in [0.2, 0.25) is 0 Å². The normalized spacial score (nSPS) is 13.8. The first-order valence-corrected chi connectivity index (χ1v) is 10.8. The molecule has 0 saturated heterocycles. The van der Waals surface area contributed by atoms with Gasteiger partial charge in [0.1, 0.15) is 0 Å². The van der Waals surface area contributed by atoms with E-state index in [2.05, 4.69) is 24.1 Å². The fourth-order valence-corrected chi connectivity index (χ4v) is 4.26. The first-order valence-electron chi connectivity index (χ1n) is 8.52. The second-order valence-electron chi connectivity index (χ2n) is 5.85. The Balaban J connectivity index is 1.77. The molecule has 0 aliphatic heterocycles. The third-order valence-electron chi connectivity index (χ3n) is 3.76. The summed E-state index contributed by atoms with van der Waals surface area (Å²) < 4.78 is 0. The van der Waals surface area contributed by atoms with Gasteiger partial charge in [-0.25, -0.2) is 0 Å². The van der Waals surface area contributed by atoms with Gasteiger partial charge in [0.15, 0.2) is 0 Å². The Hall–Kier alpha value is -1.92. The standard InChI is InChI=1S/C20H26N4S2/c1-17(23(3)21-15-19-11-7-5-8-12-19)25-26-18(2)24(4)22-16-20-13-9-6-10-14-20/h5-18H,1-4H3. The largest absolute Gasteiger partial charge is 0.287 e. The van der Waals surface area contributed by atoms with Gasteiger partial charge in [0.25, 0.3) is 0 Å². The highest BCUT2D eigenvalue weighted by atomic mass is 33.1. The van der Waals surface area contributed by atoms with E-state index in [-0.39, 0.29) is 10.7 Å². The molecule has 0 heterocycles. The molecule has 0 aliphatic carbocycles. The Bertz CT molecular complexity index is 630. The average Bonchev–Trinajstić information content (AvgIpc) is 2.69. The Morgan fingerprint density at radius 2 is 1.04 bits per heavy atom. The van der Waals surface area contributed by atoms with E-state index in [1.165, 1.54) is 0 Å². The van der Waals surface area contributed by atoms with Crippen LogP contribution in [0.1, 0.15) is 25.0 Å². The zero-order valence-electron chi connectivity index (χ0n) is 15.7. The zero-order chi connectivity index (χ0) is 18.8. The van der Waals surface area contributed by atoms with Crippen LogP contribution in [0, 0.1) is 0 Å². The molecule has 26 heavy (non-hydrogen) atoms. The van der Waals surface area contributed by atoms with Crippen molar-refractivity contribution >= 4 is 34.0 Å². The molecule has 0 aliphatic rings. The molecule has 2 rings (SSSR count). The summed E-state index contributed by atoms with van der Waals surface area (Å²) in [4.78, 5) is 0. The first kappa shape index (κ1) is 20.4. The Morgan fingerprint density at radius 3 is 1.38 bits per heavy atom. The molecule has 0 spiro atoms. The van der Waals surface area contributed by atoms with Gasteiger partial charge in [-0.3, -0.25) is 10.0 Å². The van der Waals surface area contributed by atoms with Crippen LogP contribution in [0.2, 0.25) is 0 Å². The molecule has 0 fully saturated rings. The Labute approximate surface area is 164 Å². The molecule has 0 N–H and O–H groups in total. The van der Waals surface area contributed by atoms with Gasteiger partial charge in [-0.1, -0.05) is 82.3 Å². The second-order valence-corrected chi connectivity index (χ2v) is 8.75. The number of rotatable bonds is 9. The monoisotopic (exact) mass is 386 g/mol. The Morgan fingerprint density at radius 1 is 0.692 bits per heavy atom. The fourth-order valence-electron chi connectivity index (χ4n) is 1.87. The molecule has 138 valence electrons. The van der Waals surface area contributed by atoms with E-state index in [0.29, 0.717) is 0 Å². The predicted molar refractivity (Wildman–Crippen MR) is 118 cm³/mol. The summed E-state index contributed by atoms with van der Waals surface area (Å²) in [5, 5.41) is 13.5. The molecule has 0 radical (unpaired) electrons. The van der Waals surface area contributed by atoms with E-state index in [9.17, 15) is 0 Å². The van der Waals surface area contributed by atoms with Crippen LogP contribution >= 0.6 is 21.6 Å². The minimum Gasteiger partial charge on any atom is -0.287 e. The van der Waals surface area contributed by atoms with Crippen molar-refractivity contribution in [3.8, 4) is 0 Å². The summed E-state index contributed by atoms with van der Waals surface area (Å²) in [5.41, 5.74) is 2.21. The molecular formula is C20H26N4S2. The number of nitrogens with zero attached hydrogens (tertiary/aromatic N) is 4. The lowest BCUT2D eigenvalue weighted by molar-refractivity contribution is 0.347. The van der Waals surface area contributed by atoms with Gasteiger partial charge in [0, 0.05) is 14.1 Å². The van der Waals surface area contributed by atoms with Gasteiger partial charge < -0.3 is 0 Å². The molecule has 0 amide bonds. The molecule has 0 saturated carbocycles. The highest BCUT2D eigenvalue weighted by Gasteiger charge is 2.13. The topological polar surface area (TPSA) is 31.2 Å². The summed E-state index contributed by atoms with van der Waals surface area (Å²) in [5.74, 6) is 0. The fraction of sp³-hybridized carbons (Fsp3) is 0.300. The first-order chi connectivity index (χ1) is 12.6. The van der Waals surface area contributed by atoms with E-state index in [1.54, 1.807) is 21.6 Å². The van der Waals surface area contributed by atoms with Crippen molar-refractivity contribution in [3.05, 3.63) is 71.8 Å². The van der Waals surface area contributed by atoms with Gasteiger partial charge >= 0.3 is 0 Å². The van der Waals surface area contributed by atoms with Crippen LogP contribution in [0.5, 0.6) is 0 Å². The molecule has 2 aromatic carbocycles. The number of hydrazone groups is 2. The molecule has 6 heteroatoms. The third-order valence-corrected chi connectivity index (χ3v) is 7.05. The van der Waals surface area contributed by atoms with Crippen molar-refractivity contribution < 1.29 is 0 Å². The van der Waals surface area contributed by atoms with Gasteiger partial charge in [0.05, 0.1) is 23.2 Å². The van der Waals surface area contributed by atoms with Crippen molar-refractivity contribution in [1.82, 2.24) is 10.0 Å². The van der Waals surface area contributed by atoms with Crippen molar-refractivity contribution in [2.45, 2.75) is 24.6 Å². The summed E-state index contributed by atoms with van der Waals surface area (Å²) in [6, 6.07) is 20.3. The van der Waals surface area contributed by atoms with Gasteiger partial charge in [-0.2, -0.15) is 10.2 Å². The van der Waals surface area contributed by atoms with Crippen molar-refractivity contribution in [2.24, 2.45) is 10.2 Å². The second kappa shape index (κ2) is 10.9. The molecule has 0 aromatic heterocycles. The van der Waals surface area contributed by atoms with Crippen molar-refractivity contribution in [2.75, 3.05) is 14.1 Å². The van der Waals surface area contributed by atoms with Crippen LogP contribution in [0.25, 0.3) is 0 Å². The molecular weight excluding hydrogens is 360 g/mol. The lowest BCUT2D eigenvalue weighted by Crippen LogP contribution is -2.23. The van der Waals surface area contributed by atoms with Crippen LogP contribution < -0.4 is 0 Å². The maximum atomic E-state index is 4.52. The summed E-state index contributed by atoms with van der Waals surface area (Å²) >= 11 is 0. The van der Waals surface area contributed by atoms with Crippen LogP contribution in [0.3, 0.4) is 0 Å². The maximum absolute atomic E-state index is 4.52. The van der Waals surface area contributed by atoms with Crippen LogP contribution in [-0.4, -0.2) is 47.3 Å². The highest BCUT2D eigenvalue weighted by molar-refractivity contribution is 8.77.